The van der Waals surface area contributed by atoms with Crippen molar-refractivity contribution in [3.8, 4) is 0 Å². The van der Waals surface area contributed by atoms with Crippen molar-refractivity contribution in [2.45, 2.75) is 32.6 Å². The van der Waals surface area contributed by atoms with E-state index in [2.05, 4.69) is 34.2 Å². The van der Waals surface area contributed by atoms with Crippen LogP contribution in [-0.2, 0) is 0 Å². The Labute approximate surface area is 128 Å². The molecule has 0 spiro atoms. The zero-order valence-corrected chi connectivity index (χ0v) is 12.9. The van der Waals surface area contributed by atoms with Crippen molar-refractivity contribution in [2.24, 2.45) is 11.8 Å². The first-order valence-corrected chi connectivity index (χ1v) is 7.69. The van der Waals surface area contributed by atoms with Crippen molar-refractivity contribution in [1.82, 2.24) is 25.3 Å². The Morgan fingerprint density at radius 1 is 1.36 bits per heavy atom. The van der Waals surface area contributed by atoms with Crippen LogP contribution in [0.15, 0.2) is 10.5 Å². The van der Waals surface area contributed by atoms with Gasteiger partial charge in [-0.25, -0.2) is 0 Å². The Bertz CT molecular complexity index is 707. The molecule has 1 N–H and O–H groups in total. The summed E-state index contributed by atoms with van der Waals surface area (Å²) in [5.41, 5.74) is 1.50. The van der Waals surface area contributed by atoms with Gasteiger partial charge >= 0.3 is 0 Å². The number of amides is 1. The van der Waals surface area contributed by atoms with E-state index in [9.17, 15) is 4.79 Å². The average molecular weight is 301 g/mol. The molecule has 1 aliphatic heterocycles. The van der Waals surface area contributed by atoms with E-state index in [1.807, 2.05) is 11.0 Å². The normalized spacial score (nSPS) is 26.5. The van der Waals surface area contributed by atoms with Crippen molar-refractivity contribution in [3.05, 3.63) is 29.2 Å². The molecule has 2 atom stereocenters. The number of rotatable bonds is 3. The van der Waals surface area contributed by atoms with E-state index < -0.39 is 0 Å². The maximum Gasteiger partial charge on any atom is 0.274 e. The molecule has 22 heavy (non-hydrogen) atoms. The maximum absolute atomic E-state index is 12.5. The van der Waals surface area contributed by atoms with Crippen molar-refractivity contribution in [2.75, 3.05) is 13.1 Å². The minimum atomic E-state index is 0.0100. The summed E-state index contributed by atoms with van der Waals surface area (Å²) >= 11 is 0. The largest absolute Gasteiger partial charge is 0.425 e. The monoisotopic (exact) mass is 301 g/mol. The highest BCUT2D eigenvalue weighted by atomic mass is 16.4. The zero-order chi connectivity index (χ0) is 15.4. The first-order valence-electron chi connectivity index (χ1n) is 7.69. The third-order valence-electron chi connectivity index (χ3n) is 4.75. The lowest BCUT2D eigenvalue weighted by molar-refractivity contribution is 0.0765. The second-order valence-corrected chi connectivity index (χ2v) is 6.59. The molecule has 2 aromatic rings. The van der Waals surface area contributed by atoms with Crippen LogP contribution in [0.4, 0.5) is 0 Å². The molecule has 1 aliphatic carbocycles. The quantitative estimate of drug-likeness (QED) is 0.932. The predicted molar refractivity (Wildman–Crippen MR) is 77.3 cm³/mol. The molecule has 2 fully saturated rings. The highest BCUT2D eigenvalue weighted by Crippen LogP contribution is 2.57. The van der Waals surface area contributed by atoms with E-state index in [-0.39, 0.29) is 5.91 Å². The molecule has 1 saturated heterocycles. The molecule has 0 aromatic carbocycles. The van der Waals surface area contributed by atoms with Crippen LogP contribution in [0.25, 0.3) is 0 Å². The van der Waals surface area contributed by atoms with Crippen molar-refractivity contribution >= 4 is 5.91 Å². The van der Waals surface area contributed by atoms with Crippen LogP contribution >= 0.6 is 0 Å². The lowest BCUT2D eigenvalue weighted by Crippen LogP contribution is -2.31. The fourth-order valence-electron chi connectivity index (χ4n) is 3.41. The van der Waals surface area contributed by atoms with Gasteiger partial charge in [-0.3, -0.25) is 9.89 Å². The van der Waals surface area contributed by atoms with E-state index in [4.69, 9.17) is 4.42 Å². The molecule has 1 amide bonds. The Kier molecular flexibility index (Phi) is 2.85. The molecule has 4 rings (SSSR count). The lowest BCUT2D eigenvalue weighted by Gasteiger charge is -2.17. The number of nitrogens with zero attached hydrogens (tertiary/aromatic N) is 4. The number of carbonyl (C=O) groups excluding carboxylic acids is 1. The topological polar surface area (TPSA) is 87.9 Å². The number of hydrogen-bond donors (Lipinski definition) is 1. The molecule has 7 heteroatoms. The molecule has 2 aromatic heterocycles. The summed E-state index contributed by atoms with van der Waals surface area (Å²) in [5.74, 6) is 2.91. The predicted octanol–water partition coefficient (Wildman–Crippen LogP) is 1.71. The highest BCUT2D eigenvalue weighted by Gasteiger charge is 2.60. The Hall–Kier alpha value is -2.18. The summed E-state index contributed by atoms with van der Waals surface area (Å²) in [6.07, 6.45) is 0. The van der Waals surface area contributed by atoms with Crippen LogP contribution < -0.4 is 0 Å². The van der Waals surface area contributed by atoms with Gasteiger partial charge in [-0.05, 0) is 23.8 Å². The summed E-state index contributed by atoms with van der Waals surface area (Å²) in [4.78, 5) is 14.4. The standard InChI is InChI=1S/C15H19N5O2/c1-7(2)11-4-12(18-17-11)15(21)20-5-9-10(6-20)13(9)14-19-16-8(3)22-14/h4,7,9-10,13H,5-6H2,1-3H3,(H,17,18). The summed E-state index contributed by atoms with van der Waals surface area (Å²) in [6.45, 7) is 7.45. The number of aromatic amines is 1. The van der Waals surface area contributed by atoms with Gasteiger partial charge in [0.05, 0.1) is 0 Å². The van der Waals surface area contributed by atoms with Gasteiger partial charge in [-0.15, -0.1) is 10.2 Å². The smallest absolute Gasteiger partial charge is 0.274 e. The number of H-pyrrole nitrogens is 1. The number of aryl methyl sites for hydroxylation is 1. The summed E-state index contributed by atoms with van der Waals surface area (Å²) in [6, 6.07) is 1.86. The van der Waals surface area contributed by atoms with Crippen LogP contribution in [0.2, 0.25) is 0 Å². The van der Waals surface area contributed by atoms with Crippen molar-refractivity contribution < 1.29 is 9.21 Å². The molecule has 0 radical (unpaired) electrons. The van der Waals surface area contributed by atoms with E-state index in [0.29, 0.717) is 35.3 Å². The Balaban J connectivity index is 1.42. The number of likely N-dealkylation sites (tertiary alicyclic amines) is 1. The first-order chi connectivity index (χ1) is 10.5. The van der Waals surface area contributed by atoms with Crippen LogP contribution in [-0.4, -0.2) is 44.3 Å². The summed E-state index contributed by atoms with van der Waals surface area (Å²) in [5, 5.41) is 15.1. The van der Waals surface area contributed by atoms with E-state index >= 15 is 0 Å². The highest BCUT2D eigenvalue weighted by molar-refractivity contribution is 5.92. The van der Waals surface area contributed by atoms with E-state index in [1.54, 1.807) is 6.92 Å². The van der Waals surface area contributed by atoms with Gasteiger partial charge in [0.1, 0.15) is 5.69 Å². The summed E-state index contributed by atoms with van der Waals surface area (Å²) < 4.78 is 5.51. The molecule has 3 heterocycles. The number of nitrogens with one attached hydrogen (secondary N) is 1. The number of carbonyl (C=O) groups is 1. The first kappa shape index (κ1) is 13.5. The van der Waals surface area contributed by atoms with Gasteiger partial charge in [-0.2, -0.15) is 5.10 Å². The minimum Gasteiger partial charge on any atom is -0.425 e. The number of hydrogen-bond acceptors (Lipinski definition) is 5. The molecule has 116 valence electrons. The van der Waals surface area contributed by atoms with E-state index in [0.717, 1.165) is 24.7 Å². The fraction of sp³-hybridized carbons (Fsp3) is 0.600. The third-order valence-corrected chi connectivity index (χ3v) is 4.75. The van der Waals surface area contributed by atoms with Crippen LogP contribution in [0.5, 0.6) is 0 Å². The van der Waals surface area contributed by atoms with Crippen LogP contribution in [0.3, 0.4) is 0 Å². The number of fused-ring (bicyclic) bond motifs is 1. The fourth-order valence-corrected chi connectivity index (χ4v) is 3.41. The van der Waals surface area contributed by atoms with Gasteiger partial charge < -0.3 is 9.32 Å². The maximum atomic E-state index is 12.5. The van der Waals surface area contributed by atoms with Gasteiger partial charge in [0.2, 0.25) is 11.8 Å². The number of aromatic nitrogens is 4. The molecule has 7 nitrogen and oxygen atoms in total. The minimum absolute atomic E-state index is 0.0100. The van der Waals surface area contributed by atoms with Gasteiger partial charge in [0.25, 0.3) is 5.91 Å². The van der Waals surface area contributed by atoms with Gasteiger partial charge in [0, 0.05) is 31.6 Å². The van der Waals surface area contributed by atoms with Crippen LogP contribution in [0, 0.1) is 18.8 Å². The molecule has 1 saturated carbocycles. The lowest BCUT2D eigenvalue weighted by atomic mass is 10.1. The molecular formula is C15H19N5O2. The molecular weight excluding hydrogens is 282 g/mol. The van der Waals surface area contributed by atoms with Gasteiger partial charge in [0.15, 0.2) is 0 Å². The molecule has 2 aliphatic rings. The second-order valence-electron chi connectivity index (χ2n) is 6.59. The SMILES string of the molecule is Cc1nnc(C2C3CN(C(=O)c4cc(C(C)C)[nH]n4)CC32)o1. The average Bonchev–Trinajstić information content (AvgIpc) is 2.97. The molecule has 0 bridgehead atoms. The van der Waals surface area contributed by atoms with Crippen LogP contribution in [0.1, 0.15) is 53.6 Å². The third kappa shape index (κ3) is 2.03. The van der Waals surface area contributed by atoms with E-state index in [1.165, 1.54) is 0 Å². The Morgan fingerprint density at radius 2 is 2.09 bits per heavy atom. The van der Waals surface area contributed by atoms with Crippen molar-refractivity contribution in [3.63, 3.8) is 0 Å². The molecule has 2 unspecified atom stereocenters. The van der Waals surface area contributed by atoms with Crippen molar-refractivity contribution in [1.29, 1.82) is 0 Å². The summed E-state index contributed by atoms with van der Waals surface area (Å²) in [7, 11) is 0. The number of piperidine rings is 1. The van der Waals surface area contributed by atoms with Gasteiger partial charge in [-0.1, -0.05) is 13.8 Å². The Morgan fingerprint density at radius 3 is 2.64 bits per heavy atom. The zero-order valence-electron chi connectivity index (χ0n) is 12.9. The second kappa shape index (κ2) is 4.66.